The van der Waals surface area contributed by atoms with Crippen molar-refractivity contribution >= 4 is 40.2 Å². The Balaban J connectivity index is 1.53. The van der Waals surface area contributed by atoms with Gasteiger partial charge >= 0.3 is 0 Å². The maximum absolute atomic E-state index is 12.6. The number of methoxy groups -OCH3 is 1. The SMILES string of the molecule is COc1cc(C(O)=C2C(=O)Nc3cc(Cl)c(-c4ccc(N5CC[C@H]5CO)cc4)cc32)on1. The van der Waals surface area contributed by atoms with E-state index in [0.29, 0.717) is 16.3 Å². The molecule has 5 rings (SSSR count). The number of aliphatic hydroxyl groups excluding tert-OH is 2. The molecule has 1 amide bonds. The minimum atomic E-state index is -0.468. The Labute approximate surface area is 188 Å². The zero-order valence-corrected chi connectivity index (χ0v) is 17.9. The van der Waals surface area contributed by atoms with E-state index in [2.05, 4.69) is 15.4 Å². The molecular weight excluding hydrogens is 434 g/mol. The summed E-state index contributed by atoms with van der Waals surface area (Å²) in [6.07, 6.45) is 0.978. The molecule has 1 atom stereocenters. The van der Waals surface area contributed by atoms with E-state index in [9.17, 15) is 15.0 Å². The molecule has 0 aliphatic carbocycles. The molecule has 0 saturated carbocycles. The quantitative estimate of drug-likeness (QED) is 0.396. The summed E-state index contributed by atoms with van der Waals surface area (Å²) in [4.78, 5) is 14.8. The summed E-state index contributed by atoms with van der Waals surface area (Å²) in [7, 11) is 1.43. The average molecular weight is 454 g/mol. The topological polar surface area (TPSA) is 108 Å². The maximum Gasteiger partial charge on any atom is 0.260 e. The highest BCUT2D eigenvalue weighted by atomic mass is 35.5. The third-order valence-electron chi connectivity index (χ3n) is 5.88. The smallest absolute Gasteiger partial charge is 0.260 e. The van der Waals surface area contributed by atoms with Crippen LogP contribution in [0.4, 0.5) is 11.4 Å². The van der Waals surface area contributed by atoms with Crippen molar-refractivity contribution in [2.75, 3.05) is 30.5 Å². The fraction of sp³-hybridized carbons (Fsp3) is 0.217. The predicted molar refractivity (Wildman–Crippen MR) is 121 cm³/mol. The van der Waals surface area contributed by atoms with E-state index in [1.165, 1.54) is 13.2 Å². The minimum Gasteiger partial charge on any atom is -0.504 e. The van der Waals surface area contributed by atoms with E-state index in [-0.39, 0.29) is 35.6 Å². The van der Waals surface area contributed by atoms with Gasteiger partial charge in [0.15, 0.2) is 5.76 Å². The fourth-order valence-electron chi connectivity index (χ4n) is 4.04. The number of fused-ring (bicyclic) bond motifs is 1. The Hall–Kier alpha value is -3.49. The van der Waals surface area contributed by atoms with E-state index < -0.39 is 5.91 Å². The Morgan fingerprint density at radius 2 is 2.06 bits per heavy atom. The molecule has 2 aliphatic rings. The van der Waals surface area contributed by atoms with Gasteiger partial charge in [-0.05, 0) is 41.4 Å². The number of hydrogen-bond donors (Lipinski definition) is 3. The summed E-state index contributed by atoms with van der Waals surface area (Å²) in [6.45, 7) is 1.05. The van der Waals surface area contributed by atoms with Crippen molar-refractivity contribution in [3.8, 4) is 17.0 Å². The summed E-state index contributed by atoms with van der Waals surface area (Å²) in [5.74, 6) is -0.597. The summed E-state index contributed by atoms with van der Waals surface area (Å²) >= 11 is 6.52. The minimum absolute atomic E-state index is 0.0219. The number of aromatic nitrogens is 1. The maximum atomic E-state index is 12.6. The first kappa shape index (κ1) is 20.4. The second-order valence-electron chi connectivity index (χ2n) is 7.65. The molecule has 3 heterocycles. The number of amides is 1. The zero-order valence-electron chi connectivity index (χ0n) is 17.1. The first-order valence-corrected chi connectivity index (χ1v) is 10.5. The Kier molecular flexibility index (Phi) is 5.03. The van der Waals surface area contributed by atoms with Crippen molar-refractivity contribution < 1.29 is 24.3 Å². The highest BCUT2D eigenvalue weighted by Crippen LogP contribution is 2.42. The average Bonchev–Trinajstić information content (AvgIpc) is 3.36. The van der Waals surface area contributed by atoms with Crippen LogP contribution < -0.4 is 15.0 Å². The number of nitrogens with one attached hydrogen (secondary N) is 1. The molecule has 0 bridgehead atoms. The van der Waals surface area contributed by atoms with Gasteiger partial charge in [-0.25, -0.2) is 0 Å². The lowest BCUT2D eigenvalue weighted by Gasteiger charge is -2.42. The predicted octanol–water partition coefficient (Wildman–Crippen LogP) is 3.95. The first-order chi connectivity index (χ1) is 15.5. The molecule has 2 aliphatic heterocycles. The summed E-state index contributed by atoms with van der Waals surface area (Å²) in [5, 5.41) is 27.0. The van der Waals surface area contributed by atoms with Crippen LogP contribution in [-0.2, 0) is 4.79 Å². The van der Waals surface area contributed by atoms with Crippen LogP contribution in [-0.4, -0.2) is 47.6 Å². The van der Waals surface area contributed by atoms with Gasteiger partial charge in [-0.2, -0.15) is 0 Å². The number of carbonyl (C=O) groups is 1. The number of aliphatic hydroxyl groups is 2. The van der Waals surface area contributed by atoms with E-state index in [0.717, 1.165) is 29.8 Å². The number of hydrogen-bond acceptors (Lipinski definition) is 7. The van der Waals surface area contributed by atoms with Gasteiger partial charge in [-0.1, -0.05) is 23.7 Å². The van der Waals surface area contributed by atoms with Crippen molar-refractivity contribution in [2.45, 2.75) is 12.5 Å². The molecule has 1 saturated heterocycles. The number of nitrogens with zero attached hydrogens (tertiary/aromatic N) is 2. The third kappa shape index (κ3) is 3.28. The van der Waals surface area contributed by atoms with Crippen LogP contribution in [0.25, 0.3) is 22.5 Å². The van der Waals surface area contributed by atoms with Gasteiger partial charge in [0, 0.05) is 23.4 Å². The molecule has 0 radical (unpaired) electrons. The fourth-order valence-corrected chi connectivity index (χ4v) is 4.31. The van der Waals surface area contributed by atoms with Gasteiger partial charge in [0.25, 0.3) is 11.8 Å². The van der Waals surface area contributed by atoms with Gasteiger partial charge in [0.05, 0.1) is 42.1 Å². The highest BCUT2D eigenvalue weighted by molar-refractivity contribution is 6.38. The van der Waals surface area contributed by atoms with E-state index in [4.69, 9.17) is 20.9 Å². The van der Waals surface area contributed by atoms with Gasteiger partial charge in [-0.3, -0.25) is 4.79 Å². The lowest BCUT2D eigenvalue weighted by atomic mass is 9.97. The molecule has 32 heavy (non-hydrogen) atoms. The Morgan fingerprint density at radius 3 is 2.69 bits per heavy atom. The van der Waals surface area contributed by atoms with Crippen LogP contribution in [0.15, 0.2) is 47.0 Å². The molecule has 0 unspecified atom stereocenters. The summed E-state index contributed by atoms with van der Waals surface area (Å²) in [5.41, 5.74) is 3.69. The van der Waals surface area contributed by atoms with Crippen LogP contribution in [0.2, 0.25) is 5.02 Å². The summed E-state index contributed by atoms with van der Waals surface area (Å²) < 4.78 is 10.1. The number of anilines is 2. The number of halogens is 1. The van der Waals surface area contributed by atoms with Crippen molar-refractivity contribution in [1.82, 2.24) is 5.16 Å². The van der Waals surface area contributed by atoms with Crippen molar-refractivity contribution in [3.05, 3.63) is 58.8 Å². The molecule has 0 spiro atoms. The molecule has 1 fully saturated rings. The van der Waals surface area contributed by atoms with Crippen molar-refractivity contribution in [2.24, 2.45) is 0 Å². The molecule has 8 nitrogen and oxygen atoms in total. The highest BCUT2D eigenvalue weighted by Gasteiger charge is 2.31. The summed E-state index contributed by atoms with van der Waals surface area (Å²) in [6, 6.07) is 12.9. The molecule has 2 aromatic carbocycles. The molecule has 164 valence electrons. The molecule has 3 N–H and O–H groups in total. The monoisotopic (exact) mass is 453 g/mol. The van der Waals surface area contributed by atoms with Crippen LogP contribution in [0.5, 0.6) is 5.88 Å². The second-order valence-corrected chi connectivity index (χ2v) is 8.06. The molecule has 3 aromatic rings. The molecule has 9 heteroatoms. The number of carbonyl (C=O) groups excluding carboxylic acids is 1. The standard InChI is InChI=1S/C23H20ClN3O5/c1-31-20-10-19(32-26-20)22(29)21-16-8-15(17(24)9-18(16)25-23(21)30)12-2-4-13(5-3-12)27-7-6-14(27)11-28/h2-5,8-10,14,28-29H,6-7,11H2,1H3,(H,25,30)/t14-/m0/s1. The number of ether oxygens (including phenoxy) is 1. The Morgan fingerprint density at radius 1 is 1.28 bits per heavy atom. The van der Waals surface area contributed by atoms with Crippen LogP contribution in [0.1, 0.15) is 17.7 Å². The Bertz CT molecular complexity index is 1230. The normalized spacial score (nSPS) is 18.8. The van der Waals surface area contributed by atoms with Crippen molar-refractivity contribution in [3.63, 3.8) is 0 Å². The van der Waals surface area contributed by atoms with Gasteiger partial charge < -0.3 is 29.7 Å². The van der Waals surface area contributed by atoms with E-state index in [1.807, 2.05) is 24.3 Å². The lowest BCUT2D eigenvalue weighted by Crippen LogP contribution is -2.49. The van der Waals surface area contributed by atoms with Crippen molar-refractivity contribution in [1.29, 1.82) is 0 Å². The molecule has 1 aromatic heterocycles. The lowest BCUT2D eigenvalue weighted by molar-refractivity contribution is -0.110. The largest absolute Gasteiger partial charge is 0.504 e. The van der Waals surface area contributed by atoms with Gasteiger partial charge in [0.2, 0.25) is 5.76 Å². The van der Waals surface area contributed by atoms with Crippen LogP contribution in [0, 0.1) is 0 Å². The second kappa shape index (κ2) is 7.89. The number of benzene rings is 2. The van der Waals surface area contributed by atoms with Gasteiger partial charge in [0.1, 0.15) is 0 Å². The molecular formula is C23H20ClN3O5. The van der Waals surface area contributed by atoms with E-state index in [1.54, 1.807) is 12.1 Å². The van der Waals surface area contributed by atoms with Crippen LogP contribution in [0.3, 0.4) is 0 Å². The van der Waals surface area contributed by atoms with Gasteiger partial charge in [-0.15, -0.1) is 0 Å². The number of rotatable bonds is 5. The van der Waals surface area contributed by atoms with Crippen LogP contribution >= 0.6 is 11.6 Å². The first-order valence-electron chi connectivity index (χ1n) is 10.1. The zero-order chi connectivity index (χ0) is 22.4. The third-order valence-corrected chi connectivity index (χ3v) is 6.20. The van der Waals surface area contributed by atoms with E-state index >= 15 is 0 Å².